The summed E-state index contributed by atoms with van der Waals surface area (Å²) in [5.41, 5.74) is -1.39. The zero-order chi connectivity index (χ0) is 20.9. The minimum absolute atomic E-state index is 0.289. The number of carboxylic acids is 4. The summed E-state index contributed by atoms with van der Waals surface area (Å²) in [6, 6.07) is 4.39. The highest BCUT2D eigenvalue weighted by Crippen LogP contribution is 2.35. The second kappa shape index (κ2) is 8.20. The summed E-state index contributed by atoms with van der Waals surface area (Å²) < 4.78 is 0. The normalized spacial score (nSPS) is 9.63. The minimum Gasteiger partial charge on any atom is -0.504 e. The lowest BCUT2D eigenvalue weighted by molar-refractivity contribution is 0.0679. The molecule has 0 aliphatic carbocycles. The molecule has 0 saturated heterocycles. The molecule has 0 unspecified atom stereocenters. The molecule has 0 radical (unpaired) electrons. The van der Waals surface area contributed by atoms with Crippen LogP contribution >= 0.6 is 0 Å². The lowest BCUT2D eigenvalue weighted by Gasteiger charge is -2.01. The van der Waals surface area contributed by atoms with Crippen LogP contribution in [0.25, 0.3) is 0 Å². The molecule has 2 rings (SSSR count). The molecule has 0 heterocycles. The van der Waals surface area contributed by atoms with E-state index >= 15 is 0 Å². The van der Waals surface area contributed by atoms with Crippen molar-refractivity contribution >= 4 is 23.9 Å². The number of benzene rings is 2. The van der Waals surface area contributed by atoms with Gasteiger partial charge in [-0.25, -0.2) is 19.2 Å². The SMILES string of the molecule is O=C(O)c1cc(C(=O)O)cc(C(=O)O)c1.O=C(O)c1cc(O)c(O)c(O)c1. The van der Waals surface area contributed by atoms with Gasteiger partial charge in [0.15, 0.2) is 17.2 Å². The molecule has 2 aromatic carbocycles. The third-order valence-corrected chi connectivity index (χ3v) is 2.99. The van der Waals surface area contributed by atoms with Crippen LogP contribution in [-0.4, -0.2) is 59.6 Å². The fraction of sp³-hybridized carbons (Fsp3) is 0. The largest absolute Gasteiger partial charge is 0.504 e. The summed E-state index contributed by atoms with van der Waals surface area (Å²) in [5, 5.41) is 60.8. The molecule has 0 amide bonds. The van der Waals surface area contributed by atoms with E-state index in [-0.39, 0.29) is 22.3 Å². The van der Waals surface area contributed by atoms with E-state index in [1.54, 1.807) is 0 Å². The first-order valence-electron chi connectivity index (χ1n) is 6.77. The number of carboxylic acid groups (broad SMARTS) is 4. The van der Waals surface area contributed by atoms with Gasteiger partial charge >= 0.3 is 23.9 Å². The van der Waals surface area contributed by atoms with Gasteiger partial charge in [-0.1, -0.05) is 0 Å². The average molecular weight is 380 g/mol. The van der Waals surface area contributed by atoms with E-state index in [0.717, 1.165) is 30.3 Å². The highest BCUT2D eigenvalue weighted by atomic mass is 16.4. The number of aromatic carboxylic acids is 4. The quantitative estimate of drug-likeness (QED) is 0.375. The number of rotatable bonds is 4. The zero-order valence-corrected chi connectivity index (χ0v) is 13.2. The molecule has 0 spiro atoms. The van der Waals surface area contributed by atoms with Gasteiger partial charge in [0.2, 0.25) is 0 Å². The van der Waals surface area contributed by atoms with Gasteiger partial charge in [0.1, 0.15) is 0 Å². The minimum atomic E-state index is -1.37. The highest BCUT2D eigenvalue weighted by Gasteiger charge is 2.14. The number of carbonyl (C=O) groups is 4. The summed E-state index contributed by atoms with van der Waals surface area (Å²) in [4.78, 5) is 42.0. The second-order valence-corrected chi connectivity index (χ2v) is 4.88. The first-order valence-corrected chi connectivity index (χ1v) is 6.77. The van der Waals surface area contributed by atoms with Crippen molar-refractivity contribution in [2.75, 3.05) is 0 Å². The average Bonchev–Trinajstić information content (AvgIpc) is 2.59. The Morgan fingerprint density at radius 3 is 0.926 bits per heavy atom. The monoisotopic (exact) mass is 380 g/mol. The summed E-state index contributed by atoms with van der Waals surface area (Å²) in [6.45, 7) is 0. The molecule has 11 heteroatoms. The molecule has 142 valence electrons. The van der Waals surface area contributed by atoms with Crippen LogP contribution in [0.4, 0.5) is 0 Å². The van der Waals surface area contributed by atoms with Crippen molar-refractivity contribution in [3.8, 4) is 17.2 Å². The van der Waals surface area contributed by atoms with Crippen molar-refractivity contribution in [3.05, 3.63) is 52.6 Å². The van der Waals surface area contributed by atoms with Gasteiger partial charge in [-0.2, -0.15) is 0 Å². The van der Waals surface area contributed by atoms with E-state index in [0.29, 0.717) is 0 Å². The van der Waals surface area contributed by atoms with Crippen molar-refractivity contribution in [2.45, 2.75) is 0 Å². The van der Waals surface area contributed by atoms with Crippen LogP contribution in [0.5, 0.6) is 17.2 Å². The predicted octanol–water partition coefficient (Wildman–Crippen LogP) is 1.28. The maximum Gasteiger partial charge on any atom is 0.335 e. The van der Waals surface area contributed by atoms with Crippen LogP contribution in [0, 0.1) is 0 Å². The number of phenols is 3. The molecule has 7 N–H and O–H groups in total. The van der Waals surface area contributed by atoms with Gasteiger partial charge in [0, 0.05) is 0 Å². The maximum atomic E-state index is 10.6. The Morgan fingerprint density at radius 2 is 0.704 bits per heavy atom. The Kier molecular flexibility index (Phi) is 6.31. The van der Waals surface area contributed by atoms with Gasteiger partial charge in [-0.05, 0) is 30.3 Å². The number of hydrogen-bond acceptors (Lipinski definition) is 7. The molecule has 0 fully saturated rings. The molecular weight excluding hydrogens is 368 g/mol. The first-order chi connectivity index (χ1) is 12.4. The van der Waals surface area contributed by atoms with E-state index in [9.17, 15) is 19.2 Å². The van der Waals surface area contributed by atoms with Gasteiger partial charge < -0.3 is 35.7 Å². The van der Waals surface area contributed by atoms with E-state index < -0.39 is 41.1 Å². The van der Waals surface area contributed by atoms with E-state index in [4.69, 9.17) is 35.7 Å². The lowest BCUT2D eigenvalue weighted by Crippen LogP contribution is -2.07. The van der Waals surface area contributed by atoms with Crippen LogP contribution in [-0.2, 0) is 0 Å². The van der Waals surface area contributed by atoms with E-state index in [2.05, 4.69) is 0 Å². The lowest BCUT2D eigenvalue weighted by atomic mass is 10.1. The topological polar surface area (TPSA) is 210 Å². The molecule has 11 nitrogen and oxygen atoms in total. The van der Waals surface area contributed by atoms with Crippen LogP contribution in [0.2, 0.25) is 0 Å². The number of hydrogen-bond donors (Lipinski definition) is 7. The van der Waals surface area contributed by atoms with Crippen molar-refractivity contribution in [1.82, 2.24) is 0 Å². The molecular formula is C16H12O11. The summed E-state index contributed by atoms with van der Waals surface area (Å²) >= 11 is 0. The second-order valence-electron chi connectivity index (χ2n) is 4.88. The van der Waals surface area contributed by atoms with E-state index in [1.807, 2.05) is 0 Å². The Morgan fingerprint density at radius 1 is 0.481 bits per heavy atom. The molecule has 0 atom stereocenters. The van der Waals surface area contributed by atoms with Crippen LogP contribution in [0.15, 0.2) is 30.3 Å². The third-order valence-electron chi connectivity index (χ3n) is 2.99. The molecule has 0 saturated carbocycles. The molecule has 0 bridgehead atoms. The predicted molar refractivity (Wildman–Crippen MR) is 85.7 cm³/mol. The molecule has 0 aliphatic heterocycles. The van der Waals surface area contributed by atoms with Gasteiger partial charge in [-0.15, -0.1) is 0 Å². The summed E-state index contributed by atoms with van der Waals surface area (Å²) in [5.74, 6) is -7.46. The molecule has 0 aromatic heterocycles. The van der Waals surface area contributed by atoms with Crippen molar-refractivity contribution in [1.29, 1.82) is 0 Å². The smallest absolute Gasteiger partial charge is 0.335 e. The Bertz CT molecular complexity index is 828. The fourth-order valence-corrected chi connectivity index (χ4v) is 1.73. The summed E-state index contributed by atoms with van der Waals surface area (Å²) in [7, 11) is 0. The standard InChI is InChI=1S/C9H6O6.C7H6O5/c10-7(11)4-1-5(8(12)13)3-6(2-4)9(14)15;8-4-1-3(7(11)12)2-5(9)6(4)10/h1-3H,(H,10,11)(H,12,13)(H,14,15);1-2,8-10H,(H,11,12). The highest BCUT2D eigenvalue weighted by molar-refractivity contribution is 5.98. The van der Waals surface area contributed by atoms with Crippen LogP contribution in [0.1, 0.15) is 41.4 Å². The van der Waals surface area contributed by atoms with Gasteiger partial charge in [-0.3, -0.25) is 0 Å². The fourth-order valence-electron chi connectivity index (χ4n) is 1.73. The van der Waals surface area contributed by atoms with Gasteiger partial charge in [0.25, 0.3) is 0 Å². The first kappa shape index (κ1) is 20.8. The van der Waals surface area contributed by atoms with Crippen molar-refractivity contribution < 1.29 is 54.9 Å². The maximum absolute atomic E-state index is 10.6. The molecule has 27 heavy (non-hydrogen) atoms. The molecule has 2 aromatic rings. The van der Waals surface area contributed by atoms with Crippen molar-refractivity contribution in [3.63, 3.8) is 0 Å². The Balaban J connectivity index is 0.000000277. The van der Waals surface area contributed by atoms with Gasteiger partial charge in [0.05, 0.1) is 22.3 Å². The van der Waals surface area contributed by atoms with Crippen LogP contribution < -0.4 is 0 Å². The van der Waals surface area contributed by atoms with E-state index in [1.165, 1.54) is 0 Å². The van der Waals surface area contributed by atoms with Crippen molar-refractivity contribution in [2.24, 2.45) is 0 Å². The number of aromatic hydroxyl groups is 3. The molecule has 0 aliphatic rings. The Hall–Kier alpha value is -4.28. The summed E-state index contributed by atoms with van der Waals surface area (Å²) in [6.07, 6.45) is 0. The van der Waals surface area contributed by atoms with Crippen LogP contribution in [0.3, 0.4) is 0 Å². The third kappa shape index (κ3) is 5.35. The Labute approximate surface area is 149 Å². The number of phenolic OH excluding ortho intramolecular Hbond substituents is 3. The zero-order valence-electron chi connectivity index (χ0n) is 13.2.